The lowest BCUT2D eigenvalue weighted by Gasteiger charge is -2.20. The zero-order valence-electron chi connectivity index (χ0n) is 10.6. The summed E-state index contributed by atoms with van der Waals surface area (Å²) in [6.45, 7) is 3.83. The topological polar surface area (TPSA) is 32.3 Å². The van der Waals surface area contributed by atoms with Crippen LogP contribution in [0.25, 0.3) is 0 Å². The van der Waals surface area contributed by atoms with E-state index in [0.717, 1.165) is 14.1 Å². The lowest BCUT2D eigenvalue weighted by Crippen LogP contribution is -2.38. The number of urea groups is 1. The van der Waals surface area contributed by atoms with E-state index in [2.05, 4.69) is 5.32 Å². The van der Waals surface area contributed by atoms with Crippen molar-refractivity contribution >= 4 is 40.3 Å². The summed E-state index contributed by atoms with van der Waals surface area (Å²) >= 11 is 9.05. The van der Waals surface area contributed by atoms with Gasteiger partial charge in [0.25, 0.3) is 0 Å². The SMILES string of the molecule is CCN(Cc1ccc(Cl)s1)C(=O)NCc1cccs1. The lowest BCUT2D eigenvalue weighted by atomic mass is 10.4. The predicted molar refractivity (Wildman–Crippen MR) is 82.0 cm³/mol. The van der Waals surface area contributed by atoms with Crippen molar-refractivity contribution in [1.29, 1.82) is 0 Å². The third kappa shape index (κ3) is 4.23. The summed E-state index contributed by atoms with van der Waals surface area (Å²) in [7, 11) is 0. The zero-order chi connectivity index (χ0) is 13.7. The molecular formula is C13H15ClN2OS2. The van der Waals surface area contributed by atoms with Gasteiger partial charge in [-0.25, -0.2) is 4.79 Å². The highest BCUT2D eigenvalue weighted by Gasteiger charge is 2.12. The molecule has 2 rings (SSSR count). The van der Waals surface area contributed by atoms with E-state index in [1.807, 2.05) is 36.6 Å². The van der Waals surface area contributed by atoms with E-state index >= 15 is 0 Å². The van der Waals surface area contributed by atoms with Crippen LogP contribution in [0.1, 0.15) is 16.7 Å². The van der Waals surface area contributed by atoms with Crippen LogP contribution >= 0.6 is 34.3 Å². The molecule has 0 aliphatic heterocycles. The highest BCUT2D eigenvalue weighted by Crippen LogP contribution is 2.22. The molecule has 2 aromatic heterocycles. The second-order valence-corrected chi connectivity index (χ2v) is 6.79. The maximum absolute atomic E-state index is 12.1. The van der Waals surface area contributed by atoms with Gasteiger partial charge in [0.05, 0.1) is 17.4 Å². The average Bonchev–Trinajstić information content (AvgIpc) is 3.04. The Kier molecular flexibility index (Phi) is 5.24. The molecule has 0 saturated carbocycles. The van der Waals surface area contributed by atoms with Crippen molar-refractivity contribution in [3.05, 3.63) is 43.7 Å². The molecule has 0 spiro atoms. The van der Waals surface area contributed by atoms with Gasteiger partial charge in [0.1, 0.15) is 0 Å². The Morgan fingerprint density at radius 2 is 2.21 bits per heavy atom. The Balaban J connectivity index is 1.88. The predicted octanol–water partition coefficient (Wildman–Crippen LogP) is 4.19. The number of rotatable bonds is 5. The molecule has 2 amide bonds. The summed E-state index contributed by atoms with van der Waals surface area (Å²) in [5.41, 5.74) is 0. The van der Waals surface area contributed by atoms with E-state index in [0.29, 0.717) is 19.6 Å². The number of hydrogen-bond acceptors (Lipinski definition) is 3. The van der Waals surface area contributed by atoms with Gasteiger partial charge in [-0.2, -0.15) is 0 Å². The zero-order valence-corrected chi connectivity index (χ0v) is 12.9. The molecule has 0 radical (unpaired) electrons. The highest BCUT2D eigenvalue weighted by atomic mass is 35.5. The number of carbonyl (C=O) groups is 1. The second kappa shape index (κ2) is 6.93. The summed E-state index contributed by atoms with van der Waals surface area (Å²) in [5, 5.41) is 4.94. The van der Waals surface area contributed by atoms with E-state index in [4.69, 9.17) is 11.6 Å². The molecule has 102 valence electrons. The van der Waals surface area contributed by atoms with Gasteiger partial charge in [0, 0.05) is 16.3 Å². The molecule has 0 atom stereocenters. The number of carbonyl (C=O) groups excluding carboxylic acids is 1. The summed E-state index contributed by atoms with van der Waals surface area (Å²) in [6.07, 6.45) is 0. The Bertz CT molecular complexity index is 524. The fourth-order valence-corrected chi connectivity index (χ4v) is 3.39. The number of nitrogens with one attached hydrogen (secondary N) is 1. The molecule has 0 unspecified atom stereocenters. The first-order valence-electron chi connectivity index (χ1n) is 5.98. The largest absolute Gasteiger partial charge is 0.333 e. The highest BCUT2D eigenvalue weighted by molar-refractivity contribution is 7.16. The quantitative estimate of drug-likeness (QED) is 0.881. The third-order valence-corrected chi connectivity index (χ3v) is 4.73. The maximum atomic E-state index is 12.1. The normalized spacial score (nSPS) is 10.4. The van der Waals surface area contributed by atoms with E-state index in [9.17, 15) is 4.79 Å². The number of halogens is 1. The molecule has 0 fully saturated rings. The Hall–Kier alpha value is -1.04. The van der Waals surface area contributed by atoms with Crippen LogP contribution in [0.2, 0.25) is 4.34 Å². The summed E-state index contributed by atoms with van der Waals surface area (Å²) in [5.74, 6) is 0. The molecule has 6 heteroatoms. The smallest absolute Gasteiger partial charge is 0.318 e. The number of nitrogens with zero attached hydrogens (tertiary/aromatic N) is 1. The van der Waals surface area contributed by atoms with Crippen LogP contribution < -0.4 is 5.32 Å². The Morgan fingerprint density at radius 3 is 2.79 bits per heavy atom. The monoisotopic (exact) mass is 314 g/mol. The van der Waals surface area contributed by atoms with E-state index < -0.39 is 0 Å². The van der Waals surface area contributed by atoms with Crippen molar-refractivity contribution in [3.8, 4) is 0 Å². The van der Waals surface area contributed by atoms with Crippen molar-refractivity contribution in [2.45, 2.75) is 20.0 Å². The van der Waals surface area contributed by atoms with Gasteiger partial charge in [0.2, 0.25) is 0 Å². The summed E-state index contributed by atoms with van der Waals surface area (Å²) in [6, 6.07) is 7.78. The van der Waals surface area contributed by atoms with Gasteiger partial charge in [0.15, 0.2) is 0 Å². The minimum absolute atomic E-state index is 0.0413. The average molecular weight is 315 g/mol. The standard InChI is InChI=1S/C13H15ClN2OS2/c1-2-16(9-11-5-6-12(14)19-11)13(17)15-8-10-4-3-7-18-10/h3-7H,2,8-9H2,1H3,(H,15,17). The van der Waals surface area contributed by atoms with Crippen LogP contribution in [-0.2, 0) is 13.1 Å². The van der Waals surface area contributed by atoms with Crippen LogP contribution in [0.5, 0.6) is 0 Å². The van der Waals surface area contributed by atoms with Gasteiger partial charge in [-0.15, -0.1) is 22.7 Å². The summed E-state index contributed by atoms with van der Waals surface area (Å²) < 4.78 is 0.755. The molecule has 0 bridgehead atoms. The Labute approximate surface area is 125 Å². The van der Waals surface area contributed by atoms with Gasteiger partial charge < -0.3 is 10.2 Å². The number of hydrogen-bond donors (Lipinski definition) is 1. The first-order chi connectivity index (χ1) is 9.19. The van der Waals surface area contributed by atoms with Crippen LogP contribution in [0.3, 0.4) is 0 Å². The number of thiophene rings is 2. The molecule has 2 aromatic rings. The van der Waals surface area contributed by atoms with Crippen molar-refractivity contribution in [3.63, 3.8) is 0 Å². The summed E-state index contributed by atoms with van der Waals surface area (Å²) in [4.78, 5) is 16.1. The molecule has 0 aliphatic carbocycles. The van der Waals surface area contributed by atoms with E-state index in [1.54, 1.807) is 16.2 Å². The van der Waals surface area contributed by atoms with Crippen LogP contribution in [0.4, 0.5) is 4.79 Å². The minimum atomic E-state index is -0.0413. The number of amides is 2. The second-order valence-electron chi connectivity index (χ2n) is 3.96. The van der Waals surface area contributed by atoms with Crippen LogP contribution in [0.15, 0.2) is 29.6 Å². The van der Waals surface area contributed by atoms with Crippen LogP contribution in [0, 0.1) is 0 Å². The van der Waals surface area contributed by atoms with Crippen molar-refractivity contribution < 1.29 is 4.79 Å². The minimum Gasteiger partial charge on any atom is -0.333 e. The molecule has 0 aromatic carbocycles. The fourth-order valence-electron chi connectivity index (χ4n) is 1.64. The van der Waals surface area contributed by atoms with E-state index in [1.165, 1.54) is 11.3 Å². The first kappa shape index (κ1) is 14.4. The van der Waals surface area contributed by atoms with Crippen molar-refractivity contribution in [1.82, 2.24) is 10.2 Å². The fraction of sp³-hybridized carbons (Fsp3) is 0.308. The van der Waals surface area contributed by atoms with Gasteiger partial charge >= 0.3 is 6.03 Å². The molecule has 3 nitrogen and oxygen atoms in total. The Morgan fingerprint density at radius 1 is 1.37 bits per heavy atom. The van der Waals surface area contributed by atoms with Crippen LogP contribution in [-0.4, -0.2) is 17.5 Å². The van der Waals surface area contributed by atoms with Crippen molar-refractivity contribution in [2.75, 3.05) is 6.54 Å². The molecular weight excluding hydrogens is 300 g/mol. The molecule has 2 heterocycles. The molecule has 1 N–H and O–H groups in total. The first-order valence-corrected chi connectivity index (χ1v) is 8.06. The van der Waals surface area contributed by atoms with Crippen molar-refractivity contribution in [2.24, 2.45) is 0 Å². The van der Waals surface area contributed by atoms with Gasteiger partial charge in [-0.1, -0.05) is 17.7 Å². The lowest BCUT2D eigenvalue weighted by molar-refractivity contribution is 0.198. The molecule has 19 heavy (non-hydrogen) atoms. The maximum Gasteiger partial charge on any atom is 0.318 e. The molecule has 0 aliphatic rings. The van der Waals surface area contributed by atoms with Gasteiger partial charge in [-0.3, -0.25) is 0 Å². The van der Waals surface area contributed by atoms with Gasteiger partial charge in [-0.05, 0) is 30.5 Å². The molecule has 0 saturated heterocycles. The third-order valence-electron chi connectivity index (χ3n) is 2.64. The van der Waals surface area contributed by atoms with E-state index in [-0.39, 0.29) is 6.03 Å².